The van der Waals surface area contributed by atoms with Gasteiger partial charge in [-0.3, -0.25) is 4.79 Å². The highest BCUT2D eigenvalue weighted by atomic mass is 35.5. The minimum Gasteiger partial charge on any atom is -0.492 e. The molecule has 0 spiro atoms. The predicted octanol–water partition coefficient (Wildman–Crippen LogP) is 4.09. The topological polar surface area (TPSA) is 55.3 Å². The lowest BCUT2D eigenvalue weighted by atomic mass is 10.2. The van der Waals surface area contributed by atoms with E-state index in [0.29, 0.717) is 28.7 Å². The Kier molecular flexibility index (Phi) is 5.98. The number of rotatable bonds is 6. The molecule has 27 heavy (non-hydrogen) atoms. The van der Waals surface area contributed by atoms with Gasteiger partial charge in [-0.05, 0) is 48.5 Å². The molecule has 2 aromatic carbocycles. The lowest BCUT2D eigenvalue weighted by Crippen LogP contribution is -2.31. The molecule has 1 amide bonds. The summed E-state index contributed by atoms with van der Waals surface area (Å²) in [6, 6.07) is 12.9. The first kappa shape index (κ1) is 18.8. The lowest BCUT2D eigenvalue weighted by molar-refractivity contribution is 0.0773. The van der Waals surface area contributed by atoms with E-state index in [4.69, 9.17) is 16.3 Å². The molecular formula is C20H17ClFN3O2. The molecule has 0 aliphatic heterocycles. The monoisotopic (exact) mass is 385 g/mol. The van der Waals surface area contributed by atoms with E-state index >= 15 is 0 Å². The number of aromatic nitrogens is 2. The minimum atomic E-state index is -0.323. The molecule has 0 saturated carbocycles. The summed E-state index contributed by atoms with van der Waals surface area (Å²) in [5.41, 5.74) is 1.21. The summed E-state index contributed by atoms with van der Waals surface area (Å²) in [4.78, 5) is 22.5. The van der Waals surface area contributed by atoms with Crippen molar-refractivity contribution in [3.63, 3.8) is 0 Å². The molecule has 3 aromatic rings. The average molecular weight is 386 g/mol. The Morgan fingerprint density at radius 1 is 1.07 bits per heavy atom. The molecule has 0 aliphatic rings. The van der Waals surface area contributed by atoms with Gasteiger partial charge in [-0.25, -0.2) is 14.4 Å². The summed E-state index contributed by atoms with van der Waals surface area (Å²) < 4.78 is 18.4. The molecular weight excluding hydrogens is 369 g/mol. The highest BCUT2D eigenvalue weighted by Crippen LogP contribution is 2.18. The fourth-order valence-corrected chi connectivity index (χ4v) is 2.47. The van der Waals surface area contributed by atoms with Crippen LogP contribution in [-0.4, -0.2) is 41.0 Å². The van der Waals surface area contributed by atoms with Crippen LogP contribution in [0.25, 0.3) is 11.4 Å². The number of hydrogen-bond donors (Lipinski definition) is 0. The maximum Gasteiger partial charge on any atom is 0.256 e. The first-order valence-electron chi connectivity index (χ1n) is 8.25. The summed E-state index contributed by atoms with van der Waals surface area (Å²) in [6.07, 6.45) is 2.99. The summed E-state index contributed by atoms with van der Waals surface area (Å²) in [6.45, 7) is 0.659. The molecule has 0 unspecified atom stereocenters. The van der Waals surface area contributed by atoms with E-state index < -0.39 is 0 Å². The number of carbonyl (C=O) groups excluding carboxylic acids is 1. The van der Waals surface area contributed by atoms with Crippen molar-refractivity contribution in [1.82, 2.24) is 14.9 Å². The van der Waals surface area contributed by atoms with Crippen molar-refractivity contribution >= 4 is 17.5 Å². The van der Waals surface area contributed by atoms with E-state index in [0.717, 1.165) is 5.56 Å². The Morgan fingerprint density at radius 2 is 1.70 bits per heavy atom. The second-order valence-corrected chi connectivity index (χ2v) is 6.27. The lowest BCUT2D eigenvalue weighted by Gasteiger charge is -2.17. The van der Waals surface area contributed by atoms with Crippen LogP contribution in [0.2, 0.25) is 5.02 Å². The normalized spacial score (nSPS) is 10.5. The zero-order valence-corrected chi connectivity index (χ0v) is 15.4. The van der Waals surface area contributed by atoms with E-state index in [1.165, 1.54) is 29.4 Å². The third-order valence-electron chi connectivity index (χ3n) is 3.86. The number of likely N-dealkylation sites (N-methyl/N-ethyl adjacent to an activating group) is 1. The number of carbonyl (C=O) groups is 1. The van der Waals surface area contributed by atoms with Gasteiger partial charge in [0.05, 0.1) is 12.1 Å². The van der Waals surface area contributed by atoms with Crippen LogP contribution in [0.3, 0.4) is 0 Å². The molecule has 0 saturated heterocycles. The Hall–Kier alpha value is -2.99. The van der Waals surface area contributed by atoms with Crippen molar-refractivity contribution in [1.29, 1.82) is 0 Å². The van der Waals surface area contributed by atoms with Gasteiger partial charge in [-0.2, -0.15) is 0 Å². The molecule has 0 aliphatic carbocycles. The van der Waals surface area contributed by atoms with E-state index in [-0.39, 0.29) is 18.3 Å². The standard InChI is InChI=1S/C20H17ClFN3O2/c1-25(10-11-27-18-8-6-17(22)7-9-18)20(26)15-12-23-19(24-13-15)14-2-4-16(21)5-3-14/h2-9,12-13H,10-11H2,1H3. The van der Waals surface area contributed by atoms with Crippen molar-refractivity contribution in [3.05, 3.63) is 77.3 Å². The van der Waals surface area contributed by atoms with Gasteiger partial charge in [0.25, 0.3) is 5.91 Å². The van der Waals surface area contributed by atoms with E-state index in [1.807, 2.05) is 12.1 Å². The highest BCUT2D eigenvalue weighted by Gasteiger charge is 2.13. The van der Waals surface area contributed by atoms with Crippen LogP contribution in [0.15, 0.2) is 60.9 Å². The smallest absolute Gasteiger partial charge is 0.256 e. The van der Waals surface area contributed by atoms with Gasteiger partial charge in [0.15, 0.2) is 5.82 Å². The number of nitrogens with zero attached hydrogens (tertiary/aromatic N) is 3. The second kappa shape index (κ2) is 8.60. The predicted molar refractivity (Wildman–Crippen MR) is 101 cm³/mol. The van der Waals surface area contributed by atoms with Gasteiger partial charge in [0, 0.05) is 30.0 Å². The van der Waals surface area contributed by atoms with Crippen LogP contribution in [0.4, 0.5) is 4.39 Å². The van der Waals surface area contributed by atoms with Gasteiger partial charge in [0.1, 0.15) is 18.2 Å². The molecule has 5 nitrogen and oxygen atoms in total. The first-order chi connectivity index (χ1) is 13.0. The molecule has 138 valence electrons. The molecule has 0 bridgehead atoms. The van der Waals surface area contributed by atoms with Crippen LogP contribution in [0, 0.1) is 5.82 Å². The fraction of sp³-hybridized carbons (Fsp3) is 0.150. The Morgan fingerprint density at radius 3 is 2.33 bits per heavy atom. The molecule has 1 heterocycles. The maximum absolute atomic E-state index is 12.9. The Labute approximate surface area is 161 Å². The van der Waals surface area contributed by atoms with Crippen molar-refractivity contribution in [3.8, 4) is 17.1 Å². The summed E-state index contributed by atoms with van der Waals surface area (Å²) >= 11 is 5.87. The number of halogens is 2. The Balaban J connectivity index is 1.56. The van der Waals surface area contributed by atoms with Crippen LogP contribution < -0.4 is 4.74 Å². The summed E-state index contributed by atoms with van der Waals surface area (Å²) in [7, 11) is 1.67. The van der Waals surface area contributed by atoms with Gasteiger partial charge in [-0.15, -0.1) is 0 Å². The van der Waals surface area contributed by atoms with Gasteiger partial charge in [-0.1, -0.05) is 11.6 Å². The zero-order valence-electron chi connectivity index (χ0n) is 14.6. The SMILES string of the molecule is CN(CCOc1ccc(F)cc1)C(=O)c1cnc(-c2ccc(Cl)cc2)nc1. The van der Waals surface area contributed by atoms with Crippen molar-refractivity contribution in [2.45, 2.75) is 0 Å². The van der Waals surface area contributed by atoms with Crippen molar-refractivity contribution in [2.24, 2.45) is 0 Å². The maximum atomic E-state index is 12.9. The first-order valence-corrected chi connectivity index (χ1v) is 8.62. The Bertz CT molecular complexity index is 900. The van der Waals surface area contributed by atoms with Gasteiger partial charge >= 0.3 is 0 Å². The summed E-state index contributed by atoms with van der Waals surface area (Å²) in [5.74, 6) is 0.537. The molecule has 0 atom stereocenters. The van der Waals surface area contributed by atoms with Crippen LogP contribution in [0.5, 0.6) is 5.75 Å². The third-order valence-corrected chi connectivity index (χ3v) is 4.11. The van der Waals surface area contributed by atoms with Gasteiger partial charge < -0.3 is 9.64 Å². The summed E-state index contributed by atoms with van der Waals surface area (Å²) in [5, 5.41) is 0.634. The molecule has 0 N–H and O–H groups in total. The second-order valence-electron chi connectivity index (χ2n) is 5.83. The molecule has 1 aromatic heterocycles. The van der Waals surface area contributed by atoms with E-state index in [1.54, 1.807) is 31.3 Å². The number of benzene rings is 2. The van der Waals surface area contributed by atoms with Gasteiger partial charge in [0.2, 0.25) is 0 Å². The quantitative estimate of drug-likeness (QED) is 0.641. The number of ether oxygens (including phenoxy) is 1. The minimum absolute atomic E-state index is 0.208. The molecule has 3 rings (SSSR count). The van der Waals surface area contributed by atoms with Crippen LogP contribution in [0.1, 0.15) is 10.4 Å². The molecule has 0 fully saturated rings. The molecule has 0 radical (unpaired) electrons. The van der Waals surface area contributed by atoms with E-state index in [9.17, 15) is 9.18 Å². The van der Waals surface area contributed by atoms with E-state index in [2.05, 4.69) is 9.97 Å². The van der Waals surface area contributed by atoms with Crippen molar-refractivity contribution < 1.29 is 13.9 Å². The largest absolute Gasteiger partial charge is 0.492 e. The van der Waals surface area contributed by atoms with Crippen LogP contribution in [-0.2, 0) is 0 Å². The highest BCUT2D eigenvalue weighted by molar-refractivity contribution is 6.30. The average Bonchev–Trinajstić information content (AvgIpc) is 2.69. The molecule has 7 heteroatoms. The fourth-order valence-electron chi connectivity index (χ4n) is 2.34. The number of hydrogen-bond acceptors (Lipinski definition) is 4. The third kappa shape index (κ3) is 5.01. The van der Waals surface area contributed by atoms with Crippen LogP contribution >= 0.6 is 11.6 Å². The zero-order chi connectivity index (χ0) is 19.2. The van der Waals surface area contributed by atoms with Crippen molar-refractivity contribution in [2.75, 3.05) is 20.2 Å². The number of amides is 1.